The highest BCUT2D eigenvalue weighted by molar-refractivity contribution is 7.88. The maximum atomic E-state index is 12.1. The molecule has 1 aromatic carbocycles. The number of nitrogens with zero attached hydrogens (tertiary/aromatic N) is 1. The Labute approximate surface area is 119 Å². The number of hydrogen-bond acceptors (Lipinski definition) is 4. The Hall–Kier alpha value is -1.42. The predicted molar refractivity (Wildman–Crippen MR) is 75.4 cm³/mol. The van der Waals surface area contributed by atoms with Gasteiger partial charge in [-0.3, -0.25) is 0 Å². The second-order valence-corrected chi connectivity index (χ2v) is 6.81. The molecule has 0 saturated heterocycles. The van der Waals surface area contributed by atoms with Crippen LogP contribution in [0.1, 0.15) is 30.4 Å². The lowest BCUT2D eigenvalue weighted by Crippen LogP contribution is -2.34. The van der Waals surface area contributed by atoms with Crippen LogP contribution in [0.4, 0.5) is 0 Å². The van der Waals surface area contributed by atoms with Crippen molar-refractivity contribution in [2.45, 2.75) is 37.2 Å². The Morgan fingerprint density at radius 2 is 2.05 bits per heavy atom. The number of nitriles is 1. The van der Waals surface area contributed by atoms with Gasteiger partial charge in [-0.25, -0.2) is 13.1 Å². The van der Waals surface area contributed by atoms with Gasteiger partial charge in [-0.2, -0.15) is 5.26 Å². The number of benzene rings is 1. The Morgan fingerprint density at radius 1 is 1.35 bits per heavy atom. The lowest BCUT2D eigenvalue weighted by Gasteiger charge is -2.13. The van der Waals surface area contributed by atoms with Crippen molar-refractivity contribution < 1.29 is 13.2 Å². The highest BCUT2D eigenvalue weighted by Gasteiger charge is 2.27. The van der Waals surface area contributed by atoms with Crippen LogP contribution in [0.3, 0.4) is 0 Å². The van der Waals surface area contributed by atoms with E-state index in [0.717, 1.165) is 19.3 Å². The first kappa shape index (κ1) is 15.0. The summed E-state index contributed by atoms with van der Waals surface area (Å²) in [6.07, 6.45) is 2.58. The molecule has 1 aliphatic carbocycles. The third-order valence-electron chi connectivity index (χ3n) is 3.50. The van der Waals surface area contributed by atoms with Gasteiger partial charge in [0.05, 0.1) is 23.5 Å². The van der Waals surface area contributed by atoms with Crippen molar-refractivity contribution in [3.63, 3.8) is 0 Å². The van der Waals surface area contributed by atoms with Crippen LogP contribution in [-0.4, -0.2) is 27.7 Å². The van der Waals surface area contributed by atoms with Crippen LogP contribution in [0.25, 0.3) is 0 Å². The van der Waals surface area contributed by atoms with Crippen LogP contribution >= 0.6 is 0 Å². The Kier molecular flexibility index (Phi) is 4.76. The number of sulfonamides is 1. The molecule has 108 valence electrons. The topological polar surface area (TPSA) is 79.2 Å². The largest absolute Gasteiger partial charge is 0.381 e. The summed E-state index contributed by atoms with van der Waals surface area (Å²) in [6, 6.07) is 8.56. The maximum absolute atomic E-state index is 12.1. The van der Waals surface area contributed by atoms with Crippen LogP contribution in [-0.2, 0) is 20.5 Å². The van der Waals surface area contributed by atoms with Gasteiger partial charge in [0.25, 0.3) is 0 Å². The molecule has 0 aromatic heterocycles. The summed E-state index contributed by atoms with van der Waals surface area (Å²) >= 11 is 0. The zero-order valence-electron chi connectivity index (χ0n) is 11.4. The fourth-order valence-electron chi connectivity index (χ4n) is 2.45. The Bertz CT molecular complexity index is 590. The molecule has 0 spiro atoms. The minimum Gasteiger partial charge on any atom is -0.381 e. The van der Waals surface area contributed by atoms with Gasteiger partial charge < -0.3 is 4.74 Å². The van der Waals surface area contributed by atoms with E-state index in [9.17, 15) is 8.42 Å². The molecule has 0 aliphatic heterocycles. The molecule has 0 amide bonds. The zero-order chi connectivity index (χ0) is 14.6. The second-order valence-electron chi connectivity index (χ2n) is 5.05. The molecule has 0 heterocycles. The minimum absolute atomic E-state index is 0.0386. The van der Waals surface area contributed by atoms with E-state index in [1.165, 1.54) is 0 Å². The van der Waals surface area contributed by atoms with Gasteiger partial charge in [-0.15, -0.1) is 0 Å². The summed E-state index contributed by atoms with van der Waals surface area (Å²) in [6.45, 7) is 0. The average molecular weight is 294 g/mol. The summed E-state index contributed by atoms with van der Waals surface area (Å²) in [4.78, 5) is 0. The van der Waals surface area contributed by atoms with E-state index in [0.29, 0.717) is 11.1 Å². The second kappa shape index (κ2) is 6.35. The summed E-state index contributed by atoms with van der Waals surface area (Å²) in [7, 11) is -1.71. The molecule has 2 atom stereocenters. The van der Waals surface area contributed by atoms with Crippen LogP contribution in [0, 0.1) is 11.3 Å². The summed E-state index contributed by atoms with van der Waals surface area (Å²) in [5.41, 5.74) is 1.20. The molecular formula is C14H18N2O3S. The number of rotatable bonds is 5. The van der Waals surface area contributed by atoms with Gasteiger partial charge in [0.1, 0.15) is 0 Å². The molecule has 2 rings (SSSR count). The summed E-state index contributed by atoms with van der Waals surface area (Å²) < 4.78 is 32.1. The van der Waals surface area contributed by atoms with Gasteiger partial charge >= 0.3 is 0 Å². The summed E-state index contributed by atoms with van der Waals surface area (Å²) in [5.74, 6) is -0.0626. The van der Waals surface area contributed by atoms with Crippen molar-refractivity contribution in [2.75, 3.05) is 7.11 Å². The number of methoxy groups -OCH3 is 1. The standard InChI is InChI=1S/C14H18N2O3S/c1-19-14-7-6-13(8-14)16-20(17,18)10-12-4-2-11(9-15)3-5-12/h2-5,13-14,16H,6-8,10H2,1H3. The first-order chi connectivity index (χ1) is 9.52. The third kappa shape index (κ3) is 4.04. The molecule has 1 aliphatic rings. The van der Waals surface area contributed by atoms with E-state index >= 15 is 0 Å². The maximum Gasteiger partial charge on any atom is 0.216 e. The highest BCUT2D eigenvalue weighted by atomic mass is 32.2. The molecular weight excluding hydrogens is 276 g/mol. The molecule has 2 unspecified atom stereocenters. The van der Waals surface area contributed by atoms with E-state index in [-0.39, 0.29) is 17.9 Å². The molecule has 5 nitrogen and oxygen atoms in total. The van der Waals surface area contributed by atoms with Crippen molar-refractivity contribution >= 4 is 10.0 Å². The van der Waals surface area contributed by atoms with E-state index in [4.69, 9.17) is 10.00 Å². The molecule has 1 N–H and O–H groups in total. The van der Waals surface area contributed by atoms with Gasteiger partial charge in [-0.1, -0.05) is 12.1 Å². The molecule has 20 heavy (non-hydrogen) atoms. The smallest absolute Gasteiger partial charge is 0.216 e. The van der Waals surface area contributed by atoms with E-state index in [1.807, 2.05) is 6.07 Å². The lowest BCUT2D eigenvalue weighted by atomic mass is 10.2. The first-order valence-corrected chi connectivity index (χ1v) is 8.19. The van der Waals surface area contributed by atoms with Gasteiger partial charge in [0.2, 0.25) is 10.0 Å². The molecule has 1 fully saturated rings. The average Bonchev–Trinajstić information content (AvgIpc) is 2.86. The SMILES string of the molecule is COC1CCC(NS(=O)(=O)Cc2ccc(C#N)cc2)C1. The van der Waals surface area contributed by atoms with Gasteiger partial charge in [-0.05, 0) is 37.0 Å². The third-order valence-corrected chi connectivity index (χ3v) is 4.91. The number of nitrogens with one attached hydrogen (secondary N) is 1. The van der Waals surface area contributed by atoms with Gasteiger partial charge in [0, 0.05) is 13.2 Å². The van der Waals surface area contributed by atoms with Crippen molar-refractivity contribution in [3.8, 4) is 6.07 Å². The van der Waals surface area contributed by atoms with Crippen molar-refractivity contribution in [1.82, 2.24) is 4.72 Å². The number of hydrogen-bond donors (Lipinski definition) is 1. The summed E-state index contributed by atoms with van der Waals surface area (Å²) in [5, 5.41) is 8.71. The molecule has 6 heteroatoms. The Morgan fingerprint density at radius 3 is 2.60 bits per heavy atom. The van der Waals surface area contributed by atoms with Crippen molar-refractivity contribution in [1.29, 1.82) is 5.26 Å². The van der Waals surface area contributed by atoms with E-state index in [2.05, 4.69) is 4.72 Å². The fourth-order valence-corrected chi connectivity index (χ4v) is 3.89. The first-order valence-electron chi connectivity index (χ1n) is 6.54. The molecule has 1 aromatic rings. The van der Waals surface area contributed by atoms with Crippen LogP contribution in [0.2, 0.25) is 0 Å². The molecule has 0 bridgehead atoms. The van der Waals surface area contributed by atoms with Crippen molar-refractivity contribution in [2.24, 2.45) is 0 Å². The van der Waals surface area contributed by atoms with Crippen LogP contribution in [0.15, 0.2) is 24.3 Å². The van der Waals surface area contributed by atoms with E-state index in [1.54, 1.807) is 31.4 Å². The van der Waals surface area contributed by atoms with Crippen LogP contribution in [0.5, 0.6) is 0 Å². The number of ether oxygens (including phenoxy) is 1. The molecule has 1 saturated carbocycles. The van der Waals surface area contributed by atoms with E-state index < -0.39 is 10.0 Å². The lowest BCUT2D eigenvalue weighted by molar-refractivity contribution is 0.107. The minimum atomic E-state index is -3.36. The highest BCUT2D eigenvalue weighted by Crippen LogP contribution is 2.22. The quantitative estimate of drug-likeness (QED) is 0.893. The molecule has 0 radical (unpaired) electrons. The normalized spacial score (nSPS) is 22.6. The fraction of sp³-hybridized carbons (Fsp3) is 0.500. The van der Waals surface area contributed by atoms with Crippen LogP contribution < -0.4 is 4.72 Å². The Balaban J connectivity index is 1.95. The monoisotopic (exact) mass is 294 g/mol. The van der Waals surface area contributed by atoms with Crippen molar-refractivity contribution in [3.05, 3.63) is 35.4 Å². The van der Waals surface area contributed by atoms with Gasteiger partial charge in [0.15, 0.2) is 0 Å². The zero-order valence-corrected chi connectivity index (χ0v) is 12.2. The predicted octanol–water partition coefficient (Wildman–Crippen LogP) is 1.55.